The second-order valence-corrected chi connectivity index (χ2v) is 7.84. The van der Waals surface area contributed by atoms with Crippen LogP contribution in [0.1, 0.15) is 16.7 Å². The van der Waals surface area contributed by atoms with Crippen molar-refractivity contribution in [3.63, 3.8) is 0 Å². The van der Waals surface area contributed by atoms with Gasteiger partial charge in [0, 0.05) is 49.8 Å². The Kier molecular flexibility index (Phi) is 5.20. The molecule has 28 heavy (non-hydrogen) atoms. The predicted molar refractivity (Wildman–Crippen MR) is 124 cm³/mol. The molecule has 2 aromatic carbocycles. The van der Waals surface area contributed by atoms with Crippen molar-refractivity contribution in [1.82, 2.24) is 9.88 Å². The largest absolute Gasteiger partial charge is 0.378 e. The molecule has 1 aliphatic heterocycles. The maximum atomic E-state index is 5.77. The van der Waals surface area contributed by atoms with Gasteiger partial charge in [0.05, 0.1) is 0 Å². The fraction of sp³-hybridized carbons (Fsp3) is 0.174. The molecule has 1 aromatic heterocycles. The molecule has 0 spiro atoms. The van der Waals surface area contributed by atoms with E-state index in [1.54, 1.807) is 0 Å². The summed E-state index contributed by atoms with van der Waals surface area (Å²) in [5, 5.41) is 0. The van der Waals surface area contributed by atoms with E-state index in [4.69, 9.17) is 24.4 Å². The molecular formula is C23H21N3S2. The summed E-state index contributed by atoms with van der Waals surface area (Å²) in [5.74, 6) is 0. The minimum absolute atomic E-state index is 0.781. The summed E-state index contributed by atoms with van der Waals surface area (Å²) in [7, 11) is 4.09. The summed E-state index contributed by atoms with van der Waals surface area (Å²) in [5.41, 5.74) is 6.87. The third-order valence-corrected chi connectivity index (χ3v) is 5.94. The molecule has 0 saturated heterocycles. The number of benzene rings is 2. The molecule has 0 atom stereocenters. The molecule has 0 amide bonds. The highest BCUT2D eigenvalue weighted by molar-refractivity contribution is 7.82. The van der Waals surface area contributed by atoms with E-state index in [1.165, 1.54) is 16.8 Å². The smallest absolute Gasteiger partial charge is 0.115 e. The van der Waals surface area contributed by atoms with E-state index in [2.05, 4.69) is 57.2 Å². The second kappa shape index (κ2) is 7.78. The molecule has 140 valence electrons. The molecule has 4 rings (SSSR count). The highest BCUT2D eigenvalue weighted by Crippen LogP contribution is 2.30. The molecule has 0 fully saturated rings. The van der Waals surface area contributed by atoms with Gasteiger partial charge in [0.1, 0.15) is 9.98 Å². The van der Waals surface area contributed by atoms with Crippen molar-refractivity contribution in [3.8, 4) is 11.1 Å². The Bertz CT molecular complexity index is 1030. The highest BCUT2D eigenvalue weighted by atomic mass is 32.1. The second-order valence-electron chi connectivity index (χ2n) is 7.07. The van der Waals surface area contributed by atoms with E-state index in [0.29, 0.717) is 0 Å². The maximum Gasteiger partial charge on any atom is 0.115 e. The minimum Gasteiger partial charge on any atom is -0.378 e. The van der Waals surface area contributed by atoms with Crippen LogP contribution in [0.15, 0.2) is 67.0 Å². The van der Waals surface area contributed by atoms with Gasteiger partial charge in [-0.05, 0) is 53.4 Å². The summed E-state index contributed by atoms with van der Waals surface area (Å²) in [6.07, 6.45) is 4.52. The van der Waals surface area contributed by atoms with Crippen LogP contribution in [0.5, 0.6) is 0 Å². The number of rotatable bonds is 5. The van der Waals surface area contributed by atoms with Gasteiger partial charge in [-0.1, -0.05) is 48.7 Å². The van der Waals surface area contributed by atoms with Gasteiger partial charge < -0.3 is 9.80 Å². The quantitative estimate of drug-likeness (QED) is 0.572. The van der Waals surface area contributed by atoms with Crippen LogP contribution in [-0.2, 0) is 6.42 Å². The first-order valence-electron chi connectivity index (χ1n) is 9.21. The van der Waals surface area contributed by atoms with Crippen LogP contribution in [0, 0.1) is 0 Å². The monoisotopic (exact) mass is 403 g/mol. The van der Waals surface area contributed by atoms with Crippen LogP contribution in [0.25, 0.3) is 11.1 Å². The third-order valence-electron chi connectivity index (χ3n) is 5.06. The fourth-order valence-electron chi connectivity index (χ4n) is 3.42. The molecule has 3 nitrogen and oxygen atoms in total. The maximum absolute atomic E-state index is 5.77. The SMILES string of the molecule is CN(C)c1ccc(-c2ccc3c(c2)C(=S)N(CCc2ccncc2)C3=S)cc1. The van der Waals surface area contributed by atoms with Gasteiger partial charge in [-0.2, -0.15) is 0 Å². The molecular weight excluding hydrogens is 382 g/mol. The van der Waals surface area contributed by atoms with Crippen LogP contribution in [0.2, 0.25) is 0 Å². The number of hydrogen-bond acceptors (Lipinski definition) is 4. The number of fused-ring (bicyclic) bond motifs is 1. The van der Waals surface area contributed by atoms with Gasteiger partial charge in [-0.15, -0.1) is 0 Å². The number of hydrogen-bond donors (Lipinski definition) is 0. The van der Waals surface area contributed by atoms with Crippen LogP contribution in [-0.4, -0.2) is 40.5 Å². The zero-order chi connectivity index (χ0) is 19.7. The van der Waals surface area contributed by atoms with E-state index < -0.39 is 0 Å². The van der Waals surface area contributed by atoms with Gasteiger partial charge in [0.2, 0.25) is 0 Å². The average Bonchev–Trinajstić information content (AvgIpc) is 2.97. The topological polar surface area (TPSA) is 19.4 Å². The summed E-state index contributed by atoms with van der Waals surface area (Å²) in [6, 6.07) is 19.0. The summed E-state index contributed by atoms with van der Waals surface area (Å²) in [4.78, 5) is 9.89. The predicted octanol–water partition coefficient (Wildman–Crippen LogP) is 4.72. The number of anilines is 1. The normalized spacial score (nSPS) is 13.0. The molecule has 0 unspecified atom stereocenters. The van der Waals surface area contributed by atoms with E-state index in [9.17, 15) is 0 Å². The molecule has 0 aliphatic carbocycles. The van der Waals surface area contributed by atoms with Gasteiger partial charge >= 0.3 is 0 Å². The van der Waals surface area contributed by atoms with Crippen molar-refractivity contribution in [3.05, 3.63) is 83.7 Å². The molecule has 0 radical (unpaired) electrons. The Balaban J connectivity index is 1.56. The van der Waals surface area contributed by atoms with E-state index in [1.807, 2.05) is 38.6 Å². The minimum atomic E-state index is 0.781. The van der Waals surface area contributed by atoms with Gasteiger partial charge in [-0.3, -0.25) is 4.98 Å². The molecule has 5 heteroatoms. The third kappa shape index (κ3) is 3.55. The van der Waals surface area contributed by atoms with E-state index in [0.717, 1.165) is 39.6 Å². The van der Waals surface area contributed by atoms with Crippen LogP contribution in [0.3, 0.4) is 0 Å². The molecule has 1 aliphatic rings. The average molecular weight is 404 g/mol. The van der Waals surface area contributed by atoms with Crippen molar-refractivity contribution in [2.24, 2.45) is 0 Å². The lowest BCUT2D eigenvalue weighted by Crippen LogP contribution is -2.30. The van der Waals surface area contributed by atoms with Crippen molar-refractivity contribution >= 4 is 40.1 Å². The number of pyridine rings is 1. The zero-order valence-corrected chi connectivity index (χ0v) is 17.6. The first-order valence-corrected chi connectivity index (χ1v) is 10.0. The Morgan fingerprint density at radius 3 is 2.14 bits per heavy atom. The Morgan fingerprint density at radius 2 is 1.46 bits per heavy atom. The number of nitrogens with zero attached hydrogens (tertiary/aromatic N) is 3. The van der Waals surface area contributed by atoms with Gasteiger partial charge in [0.25, 0.3) is 0 Å². The molecule has 0 N–H and O–H groups in total. The Labute approximate surface area is 176 Å². The number of thiocarbonyl (C=S) groups is 2. The van der Waals surface area contributed by atoms with Gasteiger partial charge in [0.15, 0.2) is 0 Å². The van der Waals surface area contributed by atoms with Crippen molar-refractivity contribution < 1.29 is 0 Å². The highest BCUT2D eigenvalue weighted by Gasteiger charge is 2.29. The lowest BCUT2D eigenvalue weighted by atomic mass is 10.0. The fourth-order valence-corrected chi connectivity index (χ4v) is 4.19. The van der Waals surface area contributed by atoms with Crippen molar-refractivity contribution in [2.45, 2.75) is 6.42 Å². The first kappa shape index (κ1) is 18.7. The van der Waals surface area contributed by atoms with Crippen molar-refractivity contribution in [2.75, 3.05) is 25.5 Å². The number of aromatic nitrogens is 1. The zero-order valence-electron chi connectivity index (χ0n) is 15.9. The summed E-state index contributed by atoms with van der Waals surface area (Å²) < 4.78 is 0. The van der Waals surface area contributed by atoms with E-state index in [-0.39, 0.29) is 0 Å². The standard InChI is InChI=1S/C23H21N3S2/c1-25(2)19-6-3-17(4-7-19)18-5-8-20-21(15-18)23(28)26(22(20)27)14-11-16-9-12-24-13-10-16/h3-10,12-13,15H,11,14H2,1-2H3. The van der Waals surface area contributed by atoms with Crippen LogP contribution < -0.4 is 4.90 Å². The summed E-state index contributed by atoms with van der Waals surface area (Å²) in [6.45, 7) is 0.781. The molecule has 2 heterocycles. The lowest BCUT2D eigenvalue weighted by molar-refractivity contribution is 0.635. The Hall–Kier alpha value is -2.63. The van der Waals surface area contributed by atoms with Crippen LogP contribution in [0.4, 0.5) is 5.69 Å². The Morgan fingerprint density at radius 1 is 0.821 bits per heavy atom. The molecule has 0 saturated carbocycles. The van der Waals surface area contributed by atoms with Gasteiger partial charge in [-0.25, -0.2) is 0 Å². The molecule has 3 aromatic rings. The van der Waals surface area contributed by atoms with E-state index >= 15 is 0 Å². The summed E-state index contributed by atoms with van der Waals surface area (Å²) >= 11 is 11.5. The van der Waals surface area contributed by atoms with Crippen LogP contribution >= 0.6 is 24.4 Å². The molecule has 0 bridgehead atoms. The first-order chi connectivity index (χ1) is 13.5. The van der Waals surface area contributed by atoms with Crippen molar-refractivity contribution in [1.29, 1.82) is 0 Å². The lowest BCUT2D eigenvalue weighted by Gasteiger charge is -2.18.